The molecule has 204 valence electrons. The third-order valence-electron chi connectivity index (χ3n) is 7.73. The lowest BCUT2D eigenvalue weighted by Gasteiger charge is -2.52. The van der Waals surface area contributed by atoms with Crippen LogP contribution in [0.2, 0.25) is 0 Å². The highest BCUT2D eigenvalue weighted by molar-refractivity contribution is 6.32. The van der Waals surface area contributed by atoms with Crippen molar-refractivity contribution in [3.8, 4) is 5.75 Å². The van der Waals surface area contributed by atoms with Gasteiger partial charge in [0.15, 0.2) is 46.2 Å². The summed E-state index contributed by atoms with van der Waals surface area (Å²) in [6, 6.07) is -0.236. The van der Waals surface area contributed by atoms with Crippen molar-refractivity contribution in [1.82, 2.24) is 9.80 Å². The van der Waals surface area contributed by atoms with E-state index in [0.29, 0.717) is 0 Å². The van der Waals surface area contributed by atoms with Crippen molar-refractivity contribution in [3.05, 3.63) is 23.0 Å². The summed E-state index contributed by atoms with van der Waals surface area (Å²) in [5.41, 5.74) is 1.48. The molecular formula is C25H29FN4O8. The average molecular weight is 533 g/mol. The highest BCUT2D eigenvalue weighted by Gasteiger charge is 2.69. The van der Waals surface area contributed by atoms with Gasteiger partial charge < -0.3 is 26.2 Å². The van der Waals surface area contributed by atoms with Crippen molar-refractivity contribution in [1.29, 1.82) is 0 Å². The van der Waals surface area contributed by atoms with Gasteiger partial charge in [-0.15, -0.1) is 0 Å². The quantitative estimate of drug-likeness (QED) is 0.257. The Hall–Kier alpha value is -3.55. The number of benzene rings is 1. The molecule has 0 aliphatic heterocycles. The molecule has 12 nitrogen and oxygen atoms in total. The summed E-state index contributed by atoms with van der Waals surface area (Å²) >= 11 is 0. The standard InChI is InChI=1S/C25H29FN4O8/c1-29(2)8-13(31)28-17-12(26)7-10-5-9-6-11-18(30(3)4)21(34)16(24(27)37)23(36)25(11,38)22(35)15(9)19(32)14(10)20(17)33/h7,9,11,15-16,18,33,38H,5-6,8H2,1-4H3,(H2,27,37)(H,28,31)/t9?,11?,15?,16?,18-,25-/m0/s1. The summed E-state index contributed by atoms with van der Waals surface area (Å²) in [6.45, 7) is -0.142. The van der Waals surface area contributed by atoms with E-state index in [-0.39, 0.29) is 24.9 Å². The van der Waals surface area contributed by atoms with Gasteiger partial charge in [0.05, 0.1) is 24.1 Å². The first kappa shape index (κ1) is 27.5. The number of nitrogens with two attached hydrogens (primary N) is 1. The van der Waals surface area contributed by atoms with E-state index in [4.69, 9.17) is 5.73 Å². The predicted molar refractivity (Wildman–Crippen MR) is 129 cm³/mol. The number of fused-ring (bicyclic) bond motifs is 3. The number of phenolic OH excluding ortho intramolecular Hbond substituents is 1. The molecule has 1 aromatic rings. The van der Waals surface area contributed by atoms with Gasteiger partial charge in [0.25, 0.3) is 0 Å². The molecule has 2 fully saturated rings. The smallest absolute Gasteiger partial charge is 0.238 e. The number of ketones is 4. The highest BCUT2D eigenvalue weighted by Crippen LogP contribution is 2.51. The molecule has 4 unspecified atom stereocenters. The summed E-state index contributed by atoms with van der Waals surface area (Å²) in [5.74, 6) is -14.0. The van der Waals surface area contributed by atoms with Gasteiger partial charge in [0.2, 0.25) is 11.8 Å². The largest absolute Gasteiger partial charge is 0.505 e. The van der Waals surface area contributed by atoms with Crippen LogP contribution in [0.3, 0.4) is 0 Å². The van der Waals surface area contributed by atoms with Crippen molar-refractivity contribution in [2.45, 2.75) is 24.5 Å². The lowest BCUT2D eigenvalue weighted by molar-refractivity contribution is -0.181. The number of phenols is 1. The van der Waals surface area contributed by atoms with Gasteiger partial charge in [0, 0.05) is 5.92 Å². The molecule has 38 heavy (non-hydrogen) atoms. The second kappa shape index (κ2) is 9.33. The van der Waals surface area contributed by atoms with E-state index in [2.05, 4.69) is 5.32 Å². The Morgan fingerprint density at radius 1 is 1.16 bits per heavy atom. The SMILES string of the molecule is CN(C)CC(=O)Nc1c(F)cc2c(c1O)C(=O)C1C(=O)[C@]3(O)C(=O)C(C(N)=O)C(=O)[C@@H](N(C)C)C3CC1C2. The lowest BCUT2D eigenvalue weighted by atomic mass is 9.52. The molecule has 2 amide bonds. The summed E-state index contributed by atoms with van der Waals surface area (Å²) in [5, 5.41) is 24.6. The summed E-state index contributed by atoms with van der Waals surface area (Å²) in [6.07, 6.45) is -0.226. The van der Waals surface area contributed by atoms with E-state index < -0.39 is 93.1 Å². The number of hydrogen-bond acceptors (Lipinski definition) is 10. The van der Waals surface area contributed by atoms with Crippen LogP contribution in [-0.2, 0) is 30.4 Å². The number of Topliss-reactive ketones (excluding diaryl/α,β-unsaturated/α-hetero) is 4. The molecule has 0 spiro atoms. The van der Waals surface area contributed by atoms with E-state index in [1.54, 1.807) is 14.1 Å². The maximum Gasteiger partial charge on any atom is 0.238 e. The Kier molecular flexibility index (Phi) is 6.75. The summed E-state index contributed by atoms with van der Waals surface area (Å²) in [4.78, 5) is 80.7. The Bertz CT molecular complexity index is 1290. The number of amides is 2. The number of hydrogen-bond donors (Lipinski definition) is 4. The van der Waals surface area contributed by atoms with Crippen LogP contribution in [-0.4, -0.2) is 101 Å². The molecule has 1 aromatic carbocycles. The molecule has 6 atom stereocenters. The van der Waals surface area contributed by atoms with E-state index in [1.165, 1.54) is 23.9 Å². The Morgan fingerprint density at radius 3 is 2.34 bits per heavy atom. The maximum atomic E-state index is 14.9. The summed E-state index contributed by atoms with van der Waals surface area (Å²) in [7, 11) is 6.16. The van der Waals surface area contributed by atoms with Crippen molar-refractivity contribution in [2.24, 2.45) is 29.4 Å². The Morgan fingerprint density at radius 2 is 1.79 bits per heavy atom. The van der Waals surface area contributed by atoms with E-state index >= 15 is 0 Å². The molecule has 3 aliphatic rings. The number of aliphatic hydroxyl groups is 1. The third kappa shape index (κ3) is 3.92. The molecule has 0 saturated heterocycles. The van der Waals surface area contributed by atoms with Gasteiger partial charge in [0.1, 0.15) is 5.69 Å². The van der Waals surface area contributed by atoms with Crippen molar-refractivity contribution >= 4 is 40.6 Å². The van der Waals surface area contributed by atoms with E-state index in [0.717, 1.165) is 6.07 Å². The molecule has 0 radical (unpaired) electrons. The number of carbonyl (C=O) groups excluding carboxylic acids is 6. The number of anilines is 1. The molecule has 0 aromatic heterocycles. The Balaban J connectivity index is 1.80. The summed E-state index contributed by atoms with van der Waals surface area (Å²) < 4.78 is 14.9. The first-order valence-electron chi connectivity index (χ1n) is 12.0. The van der Waals surface area contributed by atoms with Gasteiger partial charge >= 0.3 is 0 Å². The molecule has 4 rings (SSSR count). The molecule has 0 heterocycles. The van der Waals surface area contributed by atoms with Crippen LogP contribution < -0.4 is 11.1 Å². The van der Waals surface area contributed by atoms with Gasteiger partial charge in [-0.1, -0.05) is 0 Å². The van der Waals surface area contributed by atoms with Crippen LogP contribution in [0.1, 0.15) is 22.3 Å². The minimum absolute atomic E-state index is 0.0811. The molecular weight excluding hydrogens is 503 g/mol. The van der Waals surface area contributed by atoms with Crippen molar-refractivity contribution in [2.75, 3.05) is 40.1 Å². The third-order valence-corrected chi connectivity index (χ3v) is 7.73. The van der Waals surface area contributed by atoms with Crippen LogP contribution in [0.25, 0.3) is 0 Å². The van der Waals surface area contributed by atoms with E-state index in [9.17, 15) is 43.4 Å². The van der Waals surface area contributed by atoms with Gasteiger partial charge in [-0.25, -0.2) is 4.39 Å². The number of nitrogens with zero attached hydrogens (tertiary/aromatic N) is 2. The molecule has 0 bridgehead atoms. The zero-order chi connectivity index (χ0) is 28.4. The number of aromatic hydroxyl groups is 1. The topological polar surface area (TPSA) is 187 Å². The number of rotatable bonds is 5. The average Bonchev–Trinajstić information content (AvgIpc) is 2.78. The number of halogens is 1. The predicted octanol–water partition coefficient (Wildman–Crippen LogP) is -1.49. The number of primary amides is 1. The number of nitrogens with one attached hydrogen (secondary N) is 1. The molecule has 13 heteroatoms. The zero-order valence-corrected chi connectivity index (χ0v) is 21.3. The fraction of sp³-hybridized carbons (Fsp3) is 0.520. The van der Waals surface area contributed by atoms with Gasteiger partial charge in [-0.2, -0.15) is 0 Å². The fourth-order valence-electron chi connectivity index (χ4n) is 6.21. The fourth-order valence-corrected chi connectivity index (χ4v) is 6.21. The number of likely N-dealkylation sites (N-methyl/N-ethyl adjacent to an activating group) is 2. The van der Waals surface area contributed by atoms with Crippen LogP contribution >= 0.6 is 0 Å². The van der Waals surface area contributed by atoms with E-state index in [1.807, 2.05) is 0 Å². The molecule has 5 N–H and O–H groups in total. The second-order valence-electron chi connectivity index (χ2n) is 10.7. The van der Waals surface area contributed by atoms with Crippen LogP contribution in [0.5, 0.6) is 5.75 Å². The lowest BCUT2D eigenvalue weighted by Crippen LogP contribution is -2.74. The molecule has 3 aliphatic carbocycles. The Labute approximate surface area is 216 Å². The molecule has 2 saturated carbocycles. The second-order valence-corrected chi connectivity index (χ2v) is 10.7. The van der Waals surface area contributed by atoms with Crippen LogP contribution in [0.4, 0.5) is 10.1 Å². The van der Waals surface area contributed by atoms with Crippen molar-refractivity contribution < 1.29 is 43.4 Å². The minimum Gasteiger partial charge on any atom is -0.505 e. The first-order valence-corrected chi connectivity index (χ1v) is 12.0. The van der Waals surface area contributed by atoms with Gasteiger partial charge in [-0.05, 0) is 58.6 Å². The monoisotopic (exact) mass is 532 g/mol. The van der Waals surface area contributed by atoms with Crippen LogP contribution in [0.15, 0.2) is 6.07 Å². The minimum atomic E-state index is -2.85. The van der Waals surface area contributed by atoms with Crippen molar-refractivity contribution in [3.63, 3.8) is 0 Å². The number of carbonyl (C=O) groups is 6. The zero-order valence-electron chi connectivity index (χ0n) is 21.3. The maximum absolute atomic E-state index is 14.9. The van der Waals surface area contributed by atoms with Crippen LogP contribution in [0, 0.1) is 29.5 Å². The normalized spacial score (nSPS) is 30.7. The van der Waals surface area contributed by atoms with Gasteiger partial charge in [-0.3, -0.25) is 33.7 Å². The first-order chi connectivity index (χ1) is 17.6. The highest BCUT2D eigenvalue weighted by atomic mass is 19.1.